The molecule has 2 rings (SSSR count). The lowest BCUT2D eigenvalue weighted by atomic mass is 10.2. The van der Waals surface area contributed by atoms with E-state index in [2.05, 4.69) is 33.0 Å². The van der Waals surface area contributed by atoms with Gasteiger partial charge in [0, 0.05) is 12.6 Å². The zero-order valence-electron chi connectivity index (χ0n) is 9.88. The third-order valence-electron chi connectivity index (χ3n) is 2.36. The van der Waals surface area contributed by atoms with Gasteiger partial charge in [-0.05, 0) is 22.2 Å². The Bertz CT molecular complexity index is 554. The highest BCUT2D eigenvalue weighted by Crippen LogP contribution is 2.37. The minimum Gasteiger partial charge on any atom is -0.306 e. The molecule has 0 saturated carbocycles. The van der Waals surface area contributed by atoms with Crippen molar-refractivity contribution >= 4 is 60.7 Å². The van der Waals surface area contributed by atoms with E-state index in [1.165, 1.54) is 0 Å². The molecule has 0 fully saturated rings. The van der Waals surface area contributed by atoms with Crippen LogP contribution in [0.15, 0.2) is 34.1 Å². The highest BCUT2D eigenvalue weighted by atomic mass is 79.9. The maximum absolute atomic E-state index is 5.27. The number of nitrogens with zero attached hydrogens (tertiary/aromatic N) is 2. The van der Waals surface area contributed by atoms with Gasteiger partial charge in [0.25, 0.3) is 0 Å². The Labute approximate surface area is 129 Å². The first-order chi connectivity index (χ1) is 8.63. The second-order valence-electron chi connectivity index (χ2n) is 3.51. The van der Waals surface area contributed by atoms with E-state index >= 15 is 0 Å². The van der Waals surface area contributed by atoms with E-state index in [1.54, 1.807) is 23.1 Å². The second kappa shape index (κ2) is 6.14. The Morgan fingerprint density at radius 2 is 2.06 bits per heavy atom. The fraction of sp³-hybridized carbons (Fsp3) is 0.167. The van der Waals surface area contributed by atoms with Crippen molar-refractivity contribution in [2.75, 3.05) is 18.2 Å². The second-order valence-corrected chi connectivity index (χ2v) is 7.25. The summed E-state index contributed by atoms with van der Waals surface area (Å²) in [5.41, 5.74) is 2.07. The van der Waals surface area contributed by atoms with Gasteiger partial charge in [-0.2, -0.15) is 0 Å². The first kappa shape index (κ1) is 14.0. The number of hydrogen-bond acceptors (Lipinski definition) is 4. The highest BCUT2D eigenvalue weighted by Gasteiger charge is 2.15. The molecule has 94 valence electrons. The summed E-state index contributed by atoms with van der Waals surface area (Å²) in [5.74, 6) is 0. The Kier molecular flexibility index (Phi) is 4.77. The van der Waals surface area contributed by atoms with E-state index < -0.39 is 0 Å². The Hall–Kier alpha value is -0.430. The van der Waals surface area contributed by atoms with Crippen molar-refractivity contribution in [1.29, 1.82) is 0 Å². The number of thiazole rings is 1. The molecule has 1 aromatic heterocycles. The van der Waals surface area contributed by atoms with Crippen LogP contribution < -0.4 is 4.90 Å². The molecule has 1 aromatic carbocycles. The van der Waals surface area contributed by atoms with Crippen LogP contribution in [0, 0.1) is 0 Å². The van der Waals surface area contributed by atoms with Gasteiger partial charge in [-0.15, -0.1) is 0 Å². The molecular formula is C12H11BrN2S3. The Balaban J connectivity index is 2.36. The normalized spacial score (nSPS) is 10.4. The van der Waals surface area contributed by atoms with Gasteiger partial charge in [-0.25, -0.2) is 4.98 Å². The summed E-state index contributed by atoms with van der Waals surface area (Å²) in [4.78, 5) is 6.58. The summed E-state index contributed by atoms with van der Waals surface area (Å²) in [7, 11) is 1.94. The fourth-order valence-electron chi connectivity index (χ4n) is 1.42. The molecule has 18 heavy (non-hydrogen) atoms. The minimum atomic E-state index is 0.816. The lowest BCUT2D eigenvalue weighted by Crippen LogP contribution is -2.20. The molecule has 0 aliphatic rings. The Morgan fingerprint density at radius 1 is 1.39 bits per heavy atom. The van der Waals surface area contributed by atoms with Crippen LogP contribution in [0.2, 0.25) is 0 Å². The number of aromatic nitrogens is 1. The van der Waals surface area contributed by atoms with Crippen molar-refractivity contribution < 1.29 is 0 Å². The molecule has 1 heterocycles. The highest BCUT2D eigenvalue weighted by molar-refractivity contribution is 9.11. The van der Waals surface area contributed by atoms with E-state index in [-0.39, 0.29) is 0 Å². The van der Waals surface area contributed by atoms with Gasteiger partial charge in [-0.3, -0.25) is 0 Å². The SMILES string of the molecule is CSC(=S)N(C)c1nc(-c2ccccc2)c(Br)s1. The first-order valence-corrected chi connectivity index (χ1v) is 8.41. The topological polar surface area (TPSA) is 16.1 Å². The van der Waals surface area contributed by atoms with Crippen LogP contribution >= 0.6 is 51.2 Å². The van der Waals surface area contributed by atoms with Crippen LogP contribution in [-0.2, 0) is 0 Å². The summed E-state index contributed by atoms with van der Waals surface area (Å²) >= 11 is 12.0. The third-order valence-corrected chi connectivity index (χ3v) is 5.54. The summed E-state index contributed by atoms with van der Waals surface area (Å²) in [6, 6.07) is 10.1. The van der Waals surface area contributed by atoms with Crippen LogP contribution in [0.1, 0.15) is 0 Å². The minimum absolute atomic E-state index is 0.816. The third kappa shape index (κ3) is 2.93. The maximum atomic E-state index is 5.27. The molecule has 0 spiro atoms. The Morgan fingerprint density at radius 3 is 2.67 bits per heavy atom. The predicted octanol–water partition coefficient (Wildman–Crippen LogP) is 4.66. The lowest BCUT2D eigenvalue weighted by molar-refractivity contribution is 1.25. The van der Waals surface area contributed by atoms with Crippen LogP contribution in [0.5, 0.6) is 0 Å². The van der Waals surface area contributed by atoms with Gasteiger partial charge in [-0.1, -0.05) is 65.6 Å². The van der Waals surface area contributed by atoms with Crippen molar-refractivity contribution in [3.8, 4) is 11.3 Å². The summed E-state index contributed by atoms with van der Waals surface area (Å²) < 4.78 is 1.84. The average Bonchev–Trinajstić information content (AvgIpc) is 2.80. The van der Waals surface area contributed by atoms with E-state index in [9.17, 15) is 0 Å². The van der Waals surface area contributed by atoms with E-state index in [0.29, 0.717) is 0 Å². The summed E-state index contributed by atoms with van der Waals surface area (Å²) in [6.45, 7) is 0. The average molecular weight is 359 g/mol. The number of rotatable bonds is 2. The molecule has 0 amide bonds. The van der Waals surface area contributed by atoms with Crippen molar-refractivity contribution in [2.45, 2.75) is 0 Å². The van der Waals surface area contributed by atoms with Gasteiger partial charge < -0.3 is 4.90 Å². The largest absolute Gasteiger partial charge is 0.306 e. The number of halogens is 1. The van der Waals surface area contributed by atoms with Gasteiger partial charge in [0.05, 0.1) is 9.48 Å². The van der Waals surface area contributed by atoms with Gasteiger partial charge in [0.15, 0.2) is 5.13 Å². The van der Waals surface area contributed by atoms with Crippen LogP contribution in [0.3, 0.4) is 0 Å². The van der Waals surface area contributed by atoms with Crippen LogP contribution in [-0.4, -0.2) is 22.6 Å². The smallest absolute Gasteiger partial charge is 0.192 e. The van der Waals surface area contributed by atoms with Crippen molar-refractivity contribution in [3.05, 3.63) is 34.1 Å². The van der Waals surface area contributed by atoms with E-state index in [0.717, 1.165) is 24.5 Å². The molecule has 0 unspecified atom stereocenters. The molecule has 0 saturated heterocycles. The molecule has 2 aromatic rings. The maximum Gasteiger partial charge on any atom is 0.192 e. The van der Waals surface area contributed by atoms with Gasteiger partial charge in [0.2, 0.25) is 0 Å². The van der Waals surface area contributed by atoms with Gasteiger partial charge >= 0.3 is 0 Å². The summed E-state index contributed by atoms with van der Waals surface area (Å²) in [6.07, 6.45) is 1.97. The predicted molar refractivity (Wildman–Crippen MR) is 89.8 cm³/mol. The molecule has 0 N–H and O–H groups in total. The molecule has 0 bridgehead atoms. The number of thioether (sulfide) groups is 1. The molecule has 0 aliphatic heterocycles. The molecule has 0 aliphatic carbocycles. The fourth-order valence-corrected chi connectivity index (χ4v) is 3.52. The van der Waals surface area contributed by atoms with Crippen LogP contribution in [0.25, 0.3) is 11.3 Å². The number of hydrogen-bond donors (Lipinski definition) is 0. The molecule has 6 heteroatoms. The van der Waals surface area contributed by atoms with Gasteiger partial charge in [0.1, 0.15) is 4.32 Å². The number of thiocarbonyl (C=S) groups is 1. The zero-order valence-corrected chi connectivity index (χ0v) is 13.9. The first-order valence-electron chi connectivity index (χ1n) is 5.17. The van der Waals surface area contributed by atoms with Crippen LogP contribution in [0.4, 0.5) is 5.13 Å². The van der Waals surface area contributed by atoms with Crippen molar-refractivity contribution in [3.63, 3.8) is 0 Å². The van der Waals surface area contributed by atoms with E-state index in [4.69, 9.17) is 12.2 Å². The summed E-state index contributed by atoms with van der Waals surface area (Å²) in [5, 5.41) is 0.903. The number of anilines is 1. The molecule has 2 nitrogen and oxygen atoms in total. The molecular weight excluding hydrogens is 348 g/mol. The zero-order chi connectivity index (χ0) is 13.1. The molecule has 0 atom stereocenters. The lowest BCUT2D eigenvalue weighted by Gasteiger charge is -2.13. The van der Waals surface area contributed by atoms with Crippen molar-refractivity contribution in [2.24, 2.45) is 0 Å². The monoisotopic (exact) mass is 358 g/mol. The standard InChI is InChI=1S/C12H11BrN2S3/c1-15(12(16)17-2)11-14-9(10(13)18-11)8-6-4-3-5-7-8/h3-7H,1-2H3. The number of benzene rings is 1. The van der Waals surface area contributed by atoms with Crippen molar-refractivity contribution in [1.82, 2.24) is 4.98 Å². The quantitative estimate of drug-likeness (QED) is 0.725. The van der Waals surface area contributed by atoms with E-state index in [1.807, 2.05) is 36.4 Å². The molecule has 0 radical (unpaired) electrons.